The van der Waals surface area contributed by atoms with E-state index in [2.05, 4.69) is 42.5 Å². The Morgan fingerprint density at radius 1 is 1.19 bits per heavy atom. The number of hydrogen-bond donors (Lipinski definition) is 1. The lowest BCUT2D eigenvalue weighted by atomic mass is 10.1. The number of rotatable bonds is 4. The topological polar surface area (TPSA) is 63.1 Å². The van der Waals surface area contributed by atoms with Crippen molar-refractivity contribution >= 4 is 27.5 Å². The van der Waals surface area contributed by atoms with Crippen molar-refractivity contribution < 1.29 is 4.79 Å². The highest BCUT2D eigenvalue weighted by Crippen LogP contribution is 2.28. The van der Waals surface area contributed by atoms with Gasteiger partial charge in [-0.2, -0.15) is 0 Å². The maximum Gasteiger partial charge on any atom is 0.251 e. The molecule has 0 spiro atoms. The minimum absolute atomic E-state index is 0.0639. The molecule has 1 atom stereocenters. The smallest absolute Gasteiger partial charge is 0.251 e. The van der Waals surface area contributed by atoms with Gasteiger partial charge in [0.25, 0.3) is 5.91 Å². The molecule has 1 aliphatic heterocycles. The maximum atomic E-state index is 12.6. The van der Waals surface area contributed by atoms with Crippen LogP contribution in [0.4, 0.5) is 5.69 Å². The lowest BCUT2D eigenvalue weighted by Gasteiger charge is -2.20. The van der Waals surface area contributed by atoms with Crippen molar-refractivity contribution in [3.63, 3.8) is 0 Å². The van der Waals surface area contributed by atoms with E-state index in [4.69, 9.17) is 0 Å². The van der Waals surface area contributed by atoms with Gasteiger partial charge in [0.05, 0.1) is 23.8 Å². The fourth-order valence-corrected chi connectivity index (χ4v) is 3.74. The lowest BCUT2D eigenvalue weighted by molar-refractivity contribution is 0.0940. The summed E-state index contributed by atoms with van der Waals surface area (Å²) in [4.78, 5) is 14.9. The molecule has 0 radical (unpaired) electrons. The minimum Gasteiger partial charge on any atom is -0.368 e. The van der Waals surface area contributed by atoms with Gasteiger partial charge in [-0.25, -0.2) is 4.68 Å². The van der Waals surface area contributed by atoms with Crippen molar-refractivity contribution in [3.05, 3.63) is 71.0 Å². The van der Waals surface area contributed by atoms with E-state index in [1.54, 1.807) is 17.1 Å². The van der Waals surface area contributed by atoms with E-state index in [1.807, 2.05) is 42.5 Å². The third kappa shape index (κ3) is 3.48. The van der Waals surface area contributed by atoms with Gasteiger partial charge in [0.15, 0.2) is 0 Å². The largest absolute Gasteiger partial charge is 0.368 e. The predicted molar refractivity (Wildman–Crippen MR) is 104 cm³/mol. The molecular weight excluding hydrogens is 394 g/mol. The molecule has 1 N–H and O–H groups in total. The molecule has 1 aromatic heterocycles. The molecule has 26 heavy (non-hydrogen) atoms. The second-order valence-corrected chi connectivity index (χ2v) is 7.11. The molecule has 0 bridgehead atoms. The Balaban J connectivity index is 1.43. The molecule has 4 rings (SSSR count). The van der Waals surface area contributed by atoms with E-state index < -0.39 is 0 Å². The number of aromatic nitrogens is 3. The zero-order chi connectivity index (χ0) is 17.9. The van der Waals surface area contributed by atoms with Gasteiger partial charge in [-0.1, -0.05) is 23.4 Å². The molecule has 6 nitrogen and oxygen atoms in total. The number of nitrogens with zero attached hydrogens (tertiary/aromatic N) is 4. The molecule has 1 aliphatic rings. The van der Waals surface area contributed by atoms with Gasteiger partial charge >= 0.3 is 0 Å². The van der Waals surface area contributed by atoms with E-state index in [9.17, 15) is 4.79 Å². The van der Waals surface area contributed by atoms with Crippen LogP contribution >= 0.6 is 15.9 Å². The highest BCUT2D eigenvalue weighted by molar-refractivity contribution is 9.10. The number of para-hydroxylation sites is 1. The third-order valence-electron chi connectivity index (χ3n) is 4.51. The first kappa shape index (κ1) is 16.8. The van der Waals surface area contributed by atoms with Crippen LogP contribution in [-0.4, -0.2) is 40.0 Å². The summed E-state index contributed by atoms with van der Waals surface area (Å²) in [6.07, 6.45) is 4.29. The van der Waals surface area contributed by atoms with Crippen molar-refractivity contribution in [2.75, 3.05) is 18.0 Å². The number of anilines is 1. The van der Waals surface area contributed by atoms with Gasteiger partial charge in [-0.05, 0) is 52.7 Å². The number of halogens is 1. The van der Waals surface area contributed by atoms with Gasteiger partial charge < -0.3 is 10.2 Å². The van der Waals surface area contributed by atoms with E-state index in [0.717, 1.165) is 35.4 Å². The molecule has 0 saturated carbocycles. The van der Waals surface area contributed by atoms with Crippen LogP contribution in [0.1, 0.15) is 16.8 Å². The summed E-state index contributed by atoms with van der Waals surface area (Å²) < 4.78 is 2.72. The van der Waals surface area contributed by atoms with Crippen LogP contribution in [0, 0.1) is 0 Å². The zero-order valence-electron chi connectivity index (χ0n) is 14.0. The number of benzene rings is 2. The summed E-state index contributed by atoms with van der Waals surface area (Å²) in [6, 6.07) is 15.7. The minimum atomic E-state index is -0.0639. The van der Waals surface area contributed by atoms with Crippen molar-refractivity contribution in [1.82, 2.24) is 20.3 Å². The Morgan fingerprint density at radius 2 is 2.08 bits per heavy atom. The highest BCUT2D eigenvalue weighted by atomic mass is 79.9. The molecule has 1 fully saturated rings. The molecule has 0 unspecified atom stereocenters. The van der Waals surface area contributed by atoms with Crippen LogP contribution in [-0.2, 0) is 0 Å². The summed E-state index contributed by atoms with van der Waals surface area (Å²) >= 11 is 3.60. The second-order valence-electron chi connectivity index (χ2n) is 6.25. The average molecular weight is 412 g/mol. The summed E-state index contributed by atoms with van der Waals surface area (Å²) in [7, 11) is 0. The van der Waals surface area contributed by atoms with Crippen LogP contribution in [0.5, 0.6) is 0 Å². The SMILES string of the molecule is O=C(N[C@@H]1CCN(c2ccccc2Br)C1)c1cccc(-n2ccnn2)c1. The Bertz CT molecular complexity index is 912. The second kappa shape index (κ2) is 7.29. The molecule has 2 heterocycles. The molecule has 1 saturated heterocycles. The molecule has 132 valence electrons. The number of nitrogens with one attached hydrogen (secondary N) is 1. The van der Waals surface area contributed by atoms with Crippen LogP contribution in [0.2, 0.25) is 0 Å². The van der Waals surface area contributed by atoms with Crippen molar-refractivity contribution in [2.24, 2.45) is 0 Å². The Labute approximate surface area is 159 Å². The standard InChI is InChI=1S/C19H18BrN5O/c20-17-6-1-2-7-18(17)24-10-8-15(13-24)22-19(26)14-4-3-5-16(12-14)25-11-9-21-23-25/h1-7,9,11-12,15H,8,10,13H2,(H,22,26)/t15-/m1/s1. The van der Waals surface area contributed by atoms with Gasteiger partial charge in [-0.15, -0.1) is 5.10 Å². The Morgan fingerprint density at radius 3 is 2.88 bits per heavy atom. The number of carbonyl (C=O) groups excluding carboxylic acids is 1. The van der Waals surface area contributed by atoms with E-state index in [-0.39, 0.29) is 11.9 Å². The summed E-state index contributed by atoms with van der Waals surface area (Å²) in [5.74, 6) is -0.0639. The van der Waals surface area contributed by atoms with Crippen LogP contribution in [0.15, 0.2) is 65.4 Å². The molecule has 0 aliphatic carbocycles. The van der Waals surface area contributed by atoms with Gasteiger partial charge in [0, 0.05) is 29.2 Å². The monoisotopic (exact) mass is 411 g/mol. The van der Waals surface area contributed by atoms with Gasteiger partial charge in [0.1, 0.15) is 0 Å². The quantitative estimate of drug-likeness (QED) is 0.716. The maximum absolute atomic E-state index is 12.6. The zero-order valence-corrected chi connectivity index (χ0v) is 15.6. The molecule has 7 heteroatoms. The first-order chi connectivity index (χ1) is 12.7. The Kier molecular flexibility index (Phi) is 4.71. The Hall–Kier alpha value is -2.67. The highest BCUT2D eigenvalue weighted by Gasteiger charge is 2.25. The number of amides is 1. The fraction of sp³-hybridized carbons (Fsp3) is 0.211. The lowest BCUT2D eigenvalue weighted by Crippen LogP contribution is -2.37. The van der Waals surface area contributed by atoms with E-state index in [0.29, 0.717) is 5.56 Å². The van der Waals surface area contributed by atoms with Crippen LogP contribution in [0.3, 0.4) is 0 Å². The van der Waals surface area contributed by atoms with Crippen molar-refractivity contribution in [1.29, 1.82) is 0 Å². The van der Waals surface area contributed by atoms with E-state index >= 15 is 0 Å². The summed E-state index contributed by atoms with van der Waals surface area (Å²) in [6.45, 7) is 1.73. The van der Waals surface area contributed by atoms with Crippen LogP contribution < -0.4 is 10.2 Å². The average Bonchev–Trinajstić information content (AvgIpc) is 3.34. The summed E-state index contributed by atoms with van der Waals surface area (Å²) in [5.41, 5.74) is 2.60. The van der Waals surface area contributed by atoms with Crippen LogP contribution in [0.25, 0.3) is 5.69 Å². The van der Waals surface area contributed by atoms with E-state index in [1.165, 1.54) is 0 Å². The van der Waals surface area contributed by atoms with Gasteiger partial charge in [-0.3, -0.25) is 4.79 Å². The number of hydrogen-bond acceptors (Lipinski definition) is 4. The number of carbonyl (C=O) groups is 1. The fourth-order valence-electron chi connectivity index (χ4n) is 3.21. The molecule has 2 aromatic carbocycles. The molecular formula is C19H18BrN5O. The predicted octanol–water partition coefficient (Wildman–Crippen LogP) is 3.04. The first-order valence-electron chi connectivity index (χ1n) is 8.48. The first-order valence-corrected chi connectivity index (χ1v) is 9.27. The van der Waals surface area contributed by atoms with Crippen molar-refractivity contribution in [3.8, 4) is 5.69 Å². The third-order valence-corrected chi connectivity index (χ3v) is 5.18. The van der Waals surface area contributed by atoms with Gasteiger partial charge in [0.2, 0.25) is 0 Å². The van der Waals surface area contributed by atoms with Crippen molar-refractivity contribution in [2.45, 2.75) is 12.5 Å². The normalized spacial score (nSPS) is 16.7. The molecule has 3 aromatic rings. The summed E-state index contributed by atoms with van der Waals surface area (Å²) in [5, 5.41) is 10.9. The molecule has 1 amide bonds.